The largest absolute Gasteiger partial charge is 0.416 e. The van der Waals surface area contributed by atoms with Crippen LogP contribution >= 0.6 is 0 Å². The predicted molar refractivity (Wildman–Crippen MR) is 136 cm³/mol. The number of benzene rings is 2. The van der Waals surface area contributed by atoms with E-state index >= 15 is 0 Å². The van der Waals surface area contributed by atoms with Crippen molar-refractivity contribution < 1.29 is 31.2 Å². The van der Waals surface area contributed by atoms with Gasteiger partial charge in [0.25, 0.3) is 0 Å². The van der Waals surface area contributed by atoms with Gasteiger partial charge in [0, 0.05) is 31.7 Å². The van der Waals surface area contributed by atoms with Gasteiger partial charge in [-0.1, -0.05) is 36.4 Å². The molecule has 1 saturated heterocycles. The molecule has 0 spiro atoms. The van der Waals surface area contributed by atoms with E-state index < -0.39 is 44.6 Å². The number of carbonyl (C=O) groups is 2. The predicted octanol–water partition coefficient (Wildman–Crippen LogP) is 3.08. The number of nitrogens with zero attached hydrogens (tertiary/aromatic N) is 3. The summed E-state index contributed by atoms with van der Waals surface area (Å²) in [5, 5.41) is 0. The van der Waals surface area contributed by atoms with Crippen molar-refractivity contribution >= 4 is 21.8 Å². The summed E-state index contributed by atoms with van der Waals surface area (Å²) < 4.78 is 67.7. The van der Waals surface area contributed by atoms with E-state index in [1.165, 1.54) is 10.4 Å². The van der Waals surface area contributed by atoms with E-state index in [-0.39, 0.29) is 32.1 Å². The second kappa shape index (κ2) is 12.3. The Morgan fingerprint density at radius 1 is 1.03 bits per heavy atom. The van der Waals surface area contributed by atoms with Crippen molar-refractivity contribution in [2.45, 2.75) is 56.4 Å². The lowest BCUT2D eigenvalue weighted by Gasteiger charge is -2.40. The van der Waals surface area contributed by atoms with Crippen molar-refractivity contribution in [2.24, 2.45) is 5.73 Å². The van der Waals surface area contributed by atoms with Gasteiger partial charge in [-0.05, 0) is 50.5 Å². The lowest BCUT2D eigenvalue weighted by Crippen LogP contribution is -2.52. The van der Waals surface area contributed by atoms with Crippen LogP contribution in [0.5, 0.6) is 0 Å². The van der Waals surface area contributed by atoms with Gasteiger partial charge in [0.2, 0.25) is 21.8 Å². The molecular weight excluding hydrogens is 521 g/mol. The SMILES string of the molecule is CC(C)N(C1CCN(C(=O)CN(CC(N)=O)Cc2ccccc2)CC1)S(=O)(=O)c1cccc(C(F)(F)F)c1. The molecule has 1 fully saturated rings. The second-order valence-electron chi connectivity index (χ2n) is 9.66. The third kappa shape index (κ3) is 7.55. The molecule has 0 aromatic heterocycles. The van der Waals surface area contributed by atoms with Gasteiger partial charge in [0.15, 0.2) is 0 Å². The number of hydrogen-bond donors (Lipinski definition) is 1. The number of likely N-dealkylation sites (tertiary alicyclic amines) is 1. The van der Waals surface area contributed by atoms with E-state index in [1.807, 2.05) is 30.3 Å². The Hall–Kier alpha value is -2.96. The van der Waals surface area contributed by atoms with Crippen LogP contribution in [-0.2, 0) is 32.3 Å². The smallest absolute Gasteiger partial charge is 0.369 e. The number of carbonyl (C=O) groups excluding carboxylic acids is 2. The number of sulfonamides is 1. The summed E-state index contributed by atoms with van der Waals surface area (Å²) in [4.78, 5) is 27.5. The molecule has 0 atom stereocenters. The number of nitrogens with two attached hydrogens (primary N) is 1. The molecule has 2 aromatic carbocycles. The van der Waals surface area contributed by atoms with E-state index in [9.17, 15) is 31.2 Å². The number of piperidine rings is 1. The Morgan fingerprint density at radius 3 is 2.21 bits per heavy atom. The van der Waals surface area contributed by atoms with Gasteiger partial charge in [-0.3, -0.25) is 14.5 Å². The van der Waals surface area contributed by atoms with E-state index in [0.29, 0.717) is 25.5 Å². The van der Waals surface area contributed by atoms with Crippen LogP contribution in [0.4, 0.5) is 13.2 Å². The summed E-state index contributed by atoms with van der Waals surface area (Å²) in [6, 6.07) is 12.1. The topological polar surface area (TPSA) is 104 Å². The minimum atomic E-state index is -4.66. The van der Waals surface area contributed by atoms with Gasteiger partial charge in [-0.25, -0.2) is 8.42 Å². The molecule has 12 heteroatoms. The Bertz CT molecular complexity index is 1210. The highest BCUT2D eigenvalue weighted by Gasteiger charge is 2.38. The van der Waals surface area contributed by atoms with Crippen molar-refractivity contribution in [3.05, 3.63) is 65.7 Å². The zero-order valence-electron chi connectivity index (χ0n) is 21.4. The van der Waals surface area contributed by atoms with E-state index in [1.54, 1.807) is 23.6 Å². The van der Waals surface area contributed by atoms with Gasteiger partial charge in [-0.15, -0.1) is 0 Å². The molecule has 2 aromatic rings. The van der Waals surface area contributed by atoms with Crippen molar-refractivity contribution in [3.8, 4) is 0 Å². The Morgan fingerprint density at radius 2 is 1.66 bits per heavy atom. The van der Waals surface area contributed by atoms with Crippen LogP contribution < -0.4 is 5.73 Å². The van der Waals surface area contributed by atoms with E-state index in [0.717, 1.165) is 17.7 Å². The quantitative estimate of drug-likeness (QED) is 0.486. The third-order valence-electron chi connectivity index (χ3n) is 6.41. The van der Waals surface area contributed by atoms with Crippen LogP contribution in [0.2, 0.25) is 0 Å². The number of alkyl halides is 3. The molecule has 1 aliphatic heterocycles. The third-order valence-corrected chi connectivity index (χ3v) is 8.53. The molecule has 0 radical (unpaired) electrons. The number of rotatable bonds is 10. The highest BCUT2D eigenvalue weighted by atomic mass is 32.2. The Kier molecular flexibility index (Phi) is 9.55. The van der Waals surface area contributed by atoms with Crippen molar-refractivity contribution in [1.29, 1.82) is 0 Å². The van der Waals surface area contributed by atoms with Crippen molar-refractivity contribution in [2.75, 3.05) is 26.2 Å². The number of halogens is 3. The van der Waals surface area contributed by atoms with E-state index in [4.69, 9.17) is 5.73 Å². The number of primary amides is 1. The molecular formula is C26H33F3N4O4S. The monoisotopic (exact) mass is 554 g/mol. The van der Waals surface area contributed by atoms with Crippen molar-refractivity contribution in [1.82, 2.24) is 14.1 Å². The fraction of sp³-hybridized carbons (Fsp3) is 0.462. The summed E-state index contributed by atoms with van der Waals surface area (Å²) in [5.41, 5.74) is 5.27. The molecule has 38 heavy (non-hydrogen) atoms. The van der Waals surface area contributed by atoms with Gasteiger partial charge < -0.3 is 10.6 Å². The fourth-order valence-corrected chi connectivity index (χ4v) is 6.67. The fourth-order valence-electron chi connectivity index (χ4n) is 4.74. The summed E-state index contributed by atoms with van der Waals surface area (Å²) in [5.74, 6) is -0.766. The van der Waals surface area contributed by atoms with Crippen LogP contribution in [-0.4, -0.2) is 72.6 Å². The highest BCUT2D eigenvalue weighted by Crippen LogP contribution is 2.33. The lowest BCUT2D eigenvalue weighted by atomic mass is 10.0. The zero-order chi connectivity index (χ0) is 28.1. The van der Waals surface area contributed by atoms with Gasteiger partial charge in [0.05, 0.1) is 23.5 Å². The first-order valence-corrected chi connectivity index (χ1v) is 13.8. The normalized spacial score (nSPS) is 15.4. The maximum absolute atomic E-state index is 13.4. The standard InChI is InChI=1S/C26H33F3N4O4S/c1-19(2)33(38(36,37)23-10-6-9-21(15-23)26(27,28)29)22-11-13-32(14-12-22)25(35)18-31(17-24(30)34)16-20-7-4-3-5-8-20/h3-10,15,19,22H,11-14,16-18H2,1-2H3,(H2,30,34). The van der Waals surface area contributed by atoms with Crippen LogP contribution in [0, 0.1) is 0 Å². The van der Waals surface area contributed by atoms with Gasteiger partial charge in [0.1, 0.15) is 0 Å². The van der Waals surface area contributed by atoms with E-state index in [2.05, 4.69) is 0 Å². The lowest BCUT2D eigenvalue weighted by molar-refractivity contribution is -0.138. The molecule has 2 N–H and O–H groups in total. The van der Waals surface area contributed by atoms with Crippen molar-refractivity contribution in [3.63, 3.8) is 0 Å². The summed E-state index contributed by atoms with van der Waals surface area (Å²) >= 11 is 0. The minimum Gasteiger partial charge on any atom is -0.369 e. The first kappa shape index (κ1) is 29.6. The molecule has 3 rings (SSSR count). The van der Waals surface area contributed by atoms with Gasteiger partial charge >= 0.3 is 6.18 Å². The molecule has 0 bridgehead atoms. The van der Waals surface area contributed by atoms with Crippen LogP contribution in [0.15, 0.2) is 59.5 Å². The molecule has 0 aliphatic carbocycles. The maximum atomic E-state index is 13.4. The van der Waals surface area contributed by atoms with Crippen LogP contribution in [0.1, 0.15) is 37.8 Å². The molecule has 208 valence electrons. The molecule has 2 amide bonds. The maximum Gasteiger partial charge on any atom is 0.416 e. The highest BCUT2D eigenvalue weighted by molar-refractivity contribution is 7.89. The summed E-state index contributed by atoms with van der Waals surface area (Å²) in [6.45, 7) is 4.15. The second-order valence-corrected chi connectivity index (χ2v) is 11.5. The average molecular weight is 555 g/mol. The first-order chi connectivity index (χ1) is 17.8. The molecule has 8 nitrogen and oxygen atoms in total. The minimum absolute atomic E-state index is 0.0288. The zero-order valence-corrected chi connectivity index (χ0v) is 22.2. The summed E-state index contributed by atoms with van der Waals surface area (Å²) in [6.07, 6.45) is -4.00. The molecule has 0 unspecified atom stereocenters. The molecule has 0 saturated carbocycles. The van der Waals surface area contributed by atoms with Crippen LogP contribution in [0.3, 0.4) is 0 Å². The van der Waals surface area contributed by atoms with Crippen LogP contribution in [0.25, 0.3) is 0 Å². The molecule has 1 aliphatic rings. The number of amides is 2. The first-order valence-electron chi connectivity index (χ1n) is 12.3. The summed E-state index contributed by atoms with van der Waals surface area (Å²) in [7, 11) is -4.22. The average Bonchev–Trinajstić information content (AvgIpc) is 2.84. The van der Waals surface area contributed by atoms with Gasteiger partial charge in [-0.2, -0.15) is 17.5 Å². The Labute approximate surface area is 221 Å². The Balaban J connectivity index is 1.69. The molecule has 1 heterocycles. The number of hydrogen-bond acceptors (Lipinski definition) is 5.